The predicted molar refractivity (Wildman–Crippen MR) is 71.1 cm³/mol. The van der Waals surface area contributed by atoms with Gasteiger partial charge in [-0.05, 0) is 18.1 Å². The largest absolute Gasteiger partial charge is 0.464 e. The Balaban J connectivity index is 1.94. The lowest BCUT2D eigenvalue weighted by Gasteiger charge is -2.29. The topological polar surface area (TPSA) is 22.3 Å². The van der Waals surface area contributed by atoms with Gasteiger partial charge in [0, 0.05) is 30.9 Å². The summed E-state index contributed by atoms with van der Waals surface area (Å²) in [6.07, 6.45) is 5.06. The number of imidazole rings is 1. The molecule has 94 valence electrons. The van der Waals surface area contributed by atoms with Crippen molar-refractivity contribution in [3.05, 3.63) is 60.2 Å². The molecule has 2 heterocycles. The molecule has 3 heteroatoms. The second-order valence-corrected chi connectivity index (χ2v) is 5.08. The summed E-state index contributed by atoms with van der Waals surface area (Å²) >= 11 is 0. The first-order chi connectivity index (χ1) is 8.74. The zero-order chi connectivity index (χ0) is 12.5. The van der Waals surface area contributed by atoms with Crippen LogP contribution in [0.15, 0.2) is 30.6 Å². The molecule has 1 aliphatic rings. The Bertz CT molecular complexity index is 557. The van der Waals surface area contributed by atoms with Crippen molar-refractivity contribution < 1.29 is 4.90 Å². The van der Waals surface area contributed by atoms with E-state index >= 15 is 0 Å². The number of rotatable bonds is 2. The summed E-state index contributed by atoms with van der Waals surface area (Å²) in [4.78, 5) is 5.65. The summed E-state index contributed by atoms with van der Waals surface area (Å²) < 4.78 is 2.21. The van der Waals surface area contributed by atoms with Crippen LogP contribution in [0.2, 0.25) is 0 Å². The van der Waals surface area contributed by atoms with Crippen LogP contribution >= 0.6 is 0 Å². The van der Waals surface area contributed by atoms with E-state index < -0.39 is 0 Å². The summed E-state index contributed by atoms with van der Waals surface area (Å²) in [5, 5.41) is 0. The van der Waals surface area contributed by atoms with Crippen LogP contribution in [-0.2, 0) is 19.5 Å². The fraction of sp³-hybridized carbons (Fsp3) is 0.333. The molecule has 0 aliphatic carbocycles. The van der Waals surface area contributed by atoms with Crippen molar-refractivity contribution in [1.29, 1.82) is 0 Å². The maximum absolute atomic E-state index is 4.29. The van der Waals surface area contributed by atoms with Gasteiger partial charge < -0.3 is 9.47 Å². The van der Waals surface area contributed by atoms with Crippen LogP contribution in [0.4, 0.5) is 0 Å². The monoisotopic (exact) mass is 241 g/mol. The van der Waals surface area contributed by atoms with Crippen molar-refractivity contribution in [2.75, 3.05) is 6.54 Å². The number of fused-ring (bicyclic) bond motifs is 1. The van der Waals surface area contributed by atoms with E-state index in [4.69, 9.17) is 0 Å². The Morgan fingerprint density at radius 3 is 3.11 bits per heavy atom. The van der Waals surface area contributed by atoms with Gasteiger partial charge in [0.15, 0.2) is 0 Å². The van der Waals surface area contributed by atoms with Gasteiger partial charge in [0.05, 0.1) is 13.1 Å². The highest BCUT2D eigenvalue weighted by Gasteiger charge is 2.16. The van der Waals surface area contributed by atoms with Gasteiger partial charge in [-0.25, -0.2) is 4.98 Å². The zero-order valence-electron chi connectivity index (χ0n) is 10.8. The molecular formula is C15H19N3. The van der Waals surface area contributed by atoms with E-state index in [1.54, 1.807) is 0 Å². The lowest BCUT2D eigenvalue weighted by molar-refractivity contribution is -0.870. The van der Waals surface area contributed by atoms with Crippen LogP contribution in [0.1, 0.15) is 22.5 Å². The Morgan fingerprint density at radius 1 is 1.44 bits per heavy atom. The van der Waals surface area contributed by atoms with E-state index in [1.807, 2.05) is 6.20 Å². The molecule has 18 heavy (non-hydrogen) atoms. The minimum Gasteiger partial charge on any atom is -0.464 e. The van der Waals surface area contributed by atoms with Crippen LogP contribution in [-0.4, -0.2) is 16.1 Å². The molecule has 0 spiro atoms. The highest BCUT2D eigenvalue weighted by Crippen LogP contribution is 2.18. The van der Waals surface area contributed by atoms with E-state index in [0.717, 1.165) is 31.9 Å². The number of hydrogen-bond donors (Lipinski definition) is 1. The summed E-state index contributed by atoms with van der Waals surface area (Å²) in [6.45, 7) is 5.16. The van der Waals surface area contributed by atoms with Crippen LogP contribution in [0.3, 0.4) is 0 Å². The highest BCUT2D eigenvalue weighted by molar-refractivity contribution is 5.36. The van der Waals surface area contributed by atoms with Crippen LogP contribution in [0, 0.1) is 14.0 Å². The molecule has 0 amide bonds. The predicted octanol–water partition coefficient (Wildman–Crippen LogP) is 0.972. The molecule has 0 saturated heterocycles. The van der Waals surface area contributed by atoms with Gasteiger partial charge in [-0.1, -0.05) is 18.2 Å². The van der Waals surface area contributed by atoms with E-state index in [-0.39, 0.29) is 0 Å². The Hall–Kier alpha value is -1.61. The van der Waals surface area contributed by atoms with Gasteiger partial charge in [-0.2, -0.15) is 7.05 Å². The number of benzene rings is 1. The SMILES string of the molecule is [CH2-][NH+]1CCc2c(Cn3ccnc3C)cccc2C1. The molecule has 0 bridgehead atoms. The average molecular weight is 241 g/mol. The molecule has 1 aliphatic heterocycles. The zero-order valence-corrected chi connectivity index (χ0v) is 10.8. The summed E-state index contributed by atoms with van der Waals surface area (Å²) in [6, 6.07) is 6.65. The average Bonchev–Trinajstić information content (AvgIpc) is 2.75. The quantitative estimate of drug-likeness (QED) is 0.778. The summed E-state index contributed by atoms with van der Waals surface area (Å²) in [5.74, 6) is 1.08. The Kier molecular flexibility index (Phi) is 2.92. The third kappa shape index (κ3) is 2.06. The number of nitrogens with one attached hydrogen (secondary N) is 1. The smallest absolute Gasteiger partial charge is 0.105 e. The fourth-order valence-electron chi connectivity index (χ4n) is 2.74. The van der Waals surface area contributed by atoms with E-state index in [1.165, 1.54) is 21.6 Å². The van der Waals surface area contributed by atoms with E-state index in [2.05, 4.69) is 47.9 Å². The van der Waals surface area contributed by atoms with Gasteiger partial charge >= 0.3 is 0 Å². The molecule has 0 radical (unpaired) electrons. The summed E-state index contributed by atoms with van der Waals surface area (Å²) in [5.41, 5.74) is 4.42. The normalized spacial score (nSPS) is 18.7. The lowest BCUT2D eigenvalue weighted by atomic mass is 9.94. The van der Waals surface area contributed by atoms with Gasteiger partial charge in [0.2, 0.25) is 0 Å². The number of aromatic nitrogens is 2. The molecule has 3 rings (SSSR count). The van der Waals surface area contributed by atoms with Crippen molar-refractivity contribution in [2.24, 2.45) is 0 Å². The van der Waals surface area contributed by atoms with Crippen molar-refractivity contribution >= 4 is 0 Å². The molecule has 1 aromatic carbocycles. The molecule has 1 atom stereocenters. The maximum Gasteiger partial charge on any atom is 0.105 e. The third-order valence-electron chi connectivity index (χ3n) is 3.80. The Morgan fingerprint density at radius 2 is 2.33 bits per heavy atom. The van der Waals surface area contributed by atoms with Gasteiger partial charge in [0.25, 0.3) is 0 Å². The van der Waals surface area contributed by atoms with Crippen LogP contribution in [0.5, 0.6) is 0 Å². The maximum atomic E-state index is 4.29. The second-order valence-electron chi connectivity index (χ2n) is 5.08. The van der Waals surface area contributed by atoms with Gasteiger partial charge in [0.1, 0.15) is 5.82 Å². The first-order valence-corrected chi connectivity index (χ1v) is 6.48. The Labute approximate surface area is 108 Å². The van der Waals surface area contributed by atoms with Crippen molar-refractivity contribution in [3.8, 4) is 0 Å². The van der Waals surface area contributed by atoms with E-state index in [9.17, 15) is 0 Å². The van der Waals surface area contributed by atoms with Gasteiger partial charge in [-0.15, -0.1) is 0 Å². The highest BCUT2D eigenvalue weighted by atomic mass is 15.1. The molecule has 1 N–H and O–H groups in total. The number of hydrogen-bond acceptors (Lipinski definition) is 1. The molecule has 3 nitrogen and oxygen atoms in total. The van der Waals surface area contributed by atoms with Gasteiger partial charge in [-0.3, -0.25) is 0 Å². The standard InChI is InChI=1S/C15H19N3/c1-12-16-7-9-18(12)11-14-5-3-4-13-10-17(2)8-6-15(13)14/h3-5,7,9,17H,2,6,8,10-11H2,1H3. The molecule has 2 aromatic rings. The minimum atomic E-state index is 0.932. The summed E-state index contributed by atoms with van der Waals surface area (Å²) in [7, 11) is 4.12. The third-order valence-corrected chi connectivity index (χ3v) is 3.80. The molecular weight excluding hydrogens is 222 g/mol. The fourth-order valence-corrected chi connectivity index (χ4v) is 2.74. The lowest BCUT2D eigenvalue weighted by Crippen LogP contribution is -3.06. The number of nitrogens with zero attached hydrogens (tertiary/aromatic N) is 2. The first kappa shape index (κ1) is 11.5. The second kappa shape index (κ2) is 4.58. The molecule has 1 aromatic heterocycles. The molecule has 0 saturated carbocycles. The molecule has 1 unspecified atom stereocenters. The van der Waals surface area contributed by atoms with Crippen LogP contribution in [0.25, 0.3) is 0 Å². The van der Waals surface area contributed by atoms with Crippen molar-refractivity contribution in [3.63, 3.8) is 0 Å². The number of aryl methyl sites for hydroxylation is 1. The minimum absolute atomic E-state index is 0.932. The number of quaternary nitrogens is 1. The van der Waals surface area contributed by atoms with Crippen molar-refractivity contribution in [1.82, 2.24) is 9.55 Å². The van der Waals surface area contributed by atoms with E-state index in [0.29, 0.717) is 0 Å². The van der Waals surface area contributed by atoms with Crippen molar-refractivity contribution in [2.45, 2.75) is 26.4 Å². The molecule has 0 fully saturated rings. The first-order valence-electron chi connectivity index (χ1n) is 6.48. The van der Waals surface area contributed by atoms with Crippen LogP contribution < -0.4 is 4.90 Å².